The van der Waals surface area contributed by atoms with E-state index in [9.17, 15) is 9.90 Å². The minimum absolute atomic E-state index is 0.141. The van der Waals surface area contributed by atoms with Gasteiger partial charge in [0.1, 0.15) is 5.75 Å². The molecular weight excluding hydrogens is 478 g/mol. The van der Waals surface area contributed by atoms with Gasteiger partial charge in [0, 0.05) is 9.86 Å². The lowest BCUT2D eigenvalue weighted by molar-refractivity contribution is -0.120. The SMILES string of the molecule is CCc1ccc(OCC(=O)N=Nc2c(O)[nH]c3cc(Br)c(C)cc23)c(Br)c1. The first-order chi connectivity index (χ1) is 12.9. The Kier molecular flexibility index (Phi) is 5.96. The van der Waals surface area contributed by atoms with Crippen LogP contribution in [0.1, 0.15) is 18.1 Å². The number of fused-ring (bicyclic) bond motifs is 1. The first-order valence-corrected chi connectivity index (χ1v) is 9.84. The number of nitrogens with zero attached hydrogens (tertiary/aromatic N) is 2. The molecule has 140 valence electrons. The lowest BCUT2D eigenvalue weighted by atomic mass is 10.1. The minimum atomic E-state index is -0.552. The largest absolute Gasteiger partial charge is 0.493 e. The maximum Gasteiger partial charge on any atom is 0.302 e. The lowest BCUT2D eigenvalue weighted by Crippen LogP contribution is -2.08. The molecule has 3 rings (SSSR count). The number of hydrogen-bond donors (Lipinski definition) is 2. The van der Waals surface area contributed by atoms with Gasteiger partial charge in [-0.25, -0.2) is 0 Å². The third-order valence-corrected chi connectivity index (χ3v) is 5.52. The number of H-pyrrole nitrogens is 1. The van der Waals surface area contributed by atoms with E-state index < -0.39 is 5.91 Å². The smallest absolute Gasteiger partial charge is 0.302 e. The van der Waals surface area contributed by atoms with Crippen molar-refractivity contribution in [2.75, 3.05) is 6.61 Å². The average molecular weight is 495 g/mol. The summed E-state index contributed by atoms with van der Waals surface area (Å²) in [6.45, 7) is 3.74. The summed E-state index contributed by atoms with van der Waals surface area (Å²) in [6.07, 6.45) is 0.913. The summed E-state index contributed by atoms with van der Waals surface area (Å²) >= 11 is 6.87. The number of carbonyl (C=O) groups is 1. The van der Waals surface area contributed by atoms with Gasteiger partial charge < -0.3 is 14.8 Å². The second kappa shape index (κ2) is 8.22. The van der Waals surface area contributed by atoms with E-state index in [1.165, 1.54) is 0 Å². The van der Waals surface area contributed by atoms with Gasteiger partial charge in [0.25, 0.3) is 0 Å². The topological polar surface area (TPSA) is 87.0 Å². The monoisotopic (exact) mass is 493 g/mol. The van der Waals surface area contributed by atoms with E-state index in [1.54, 1.807) is 6.07 Å². The Balaban J connectivity index is 1.73. The second-order valence-electron chi connectivity index (χ2n) is 5.97. The fourth-order valence-corrected chi connectivity index (χ4v) is 3.44. The third kappa shape index (κ3) is 4.39. The normalized spacial score (nSPS) is 11.4. The lowest BCUT2D eigenvalue weighted by Gasteiger charge is -2.07. The van der Waals surface area contributed by atoms with Gasteiger partial charge in [0.2, 0.25) is 5.88 Å². The number of hydrogen-bond acceptors (Lipinski definition) is 4. The van der Waals surface area contributed by atoms with Crippen molar-refractivity contribution in [1.29, 1.82) is 0 Å². The van der Waals surface area contributed by atoms with Crippen LogP contribution in [0.15, 0.2) is 49.5 Å². The zero-order chi connectivity index (χ0) is 19.6. The van der Waals surface area contributed by atoms with Crippen molar-refractivity contribution >= 4 is 54.4 Å². The second-order valence-corrected chi connectivity index (χ2v) is 7.68. The summed E-state index contributed by atoms with van der Waals surface area (Å²) in [7, 11) is 0. The molecular formula is C19H17Br2N3O3. The molecule has 0 aliphatic heterocycles. The van der Waals surface area contributed by atoms with Crippen molar-refractivity contribution in [3.8, 4) is 11.6 Å². The molecule has 0 unspecified atom stereocenters. The number of benzene rings is 2. The number of rotatable bonds is 5. The van der Waals surface area contributed by atoms with Crippen molar-refractivity contribution in [3.05, 3.63) is 50.4 Å². The summed E-state index contributed by atoms with van der Waals surface area (Å²) < 4.78 is 7.18. The number of ether oxygens (including phenoxy) is 1. The first-order valence-electron chi connectivity index (χ1n) is 8.25. The van der Waals surface area contributed by atoms with Gasteiger partial charge in [-0.1, -0.05) is 28.9 Å². The fraction of sp³-hybridized carbons (Fsp3) is 0.211. The Morgan fingerprint density at radius 1 is 1.22 bits per heavy atom. The summed E-state index contributed by atoms with van der Waals surface area (Å²) in [4.78, 5) is 14.8. The zero-order valence-electron chi connectivity index (χ0n) is 14.7. The molecule has 0 aliphatic rings. The fourth-order valence-electron chi connectivity index (χ4n) is 2.55. The number of carbonyl (C=O) groups excluding carboxylic acids is 1. The molecule has 1 amide bonds. The first kappa shape index (κ1) is 19.6. The van der Waals surface area contributed by atoms with E-state index in [4.69, 9.17) is 4.74 Å². The number of halogens is 2. The molecule has 1 heterocycles. The molecule has 0 atom stereocenters. The van der Waals surface area contributed by atoms with E-state index in [-0.39, 0.29) is 18.2 Å². The molecule has 0 fully saturated rings. The highest BCUT2D eigenvalue weighted by Crippen LogP contribution is 2.37. The van der Waals surface area contributed by atoms with Crippen LogP contribution in [0.2, 0.25) is 0 Å². The van der Waals surface area contributed by atoms with Crippen molar-refractivity contribution in [2.45, 2.75) is 20.3 Å². The van der Waals surface area contributed by atoms with Crippen LogP contribution in [0, 0.1) is 6.92 Å². The molecule has 0 saturated heterocycles. The number of azo groups is 1. The average Bonchev–Trinajstić information content (AvgIpc) is 2.93. The Morgan fingerprint density at radius 2 is 2.00 bits per heavy atom. The van der Waals surface area contributed by atoms with Gasteiger partial charge in [-0.05, 0) is 64.7 Å². The molecule has 2 aromatic carbocycles. The van der Waals surface area contributed by atoms with Gasteiger partial charge in [0.05, 0.1) is 9.99 Å². The maximum atomic E-state index is 12.0. The molecule has 6 nitrogen and oxygen atoms in total. The quantitative estimate of drug-likeness (QED) is 0.429. The Bertz CT molecular complexity index is 1040. The van der Waals surface area contributed by atoms with Gasteiger partial charge in [-0.15, -0.1) is 10.2 Å². The van der Waals surface area contributed by atoms with Gasteiger partial charge >= 0.3 is 5.91 Å². The molecule has 0 radical (unpaired) electrons. The zero-order valence-corrected chi connectivity index (χ0v) is 17.9. The molecule has 0 aliphatic carbocycles. The highest BCUT2D eigenvalue weighted by Gasteiger charge is 2.13. The van der Waals surface area contributed by atoms with Gasteiger partial charge in [0.15, 0.2) is 12.3 Å². The third-order valence-electron chi connectivity index (χ3n) is 4.05. The van der Waals surface area contributed by atoms with Crippen LogP contribution in [-0.2, 0) is 11.2 Å². The molecule has 0 bridgehead atoms. The van der Waals surface area contributed by atoms with Crippen molar-refractivity contribution in [2.24, 2.45) is 10.2 Å². The van der Waals surface area contributed by atoms with E-state index in [0.29, 0.717) is 16.7 Å². The van der Waals surface area contributed by atoms with E-state index in [0.717, 1.165) is 26.5 Å². The molecule has 0 spiro atoms. The molecule has 3 aromatic rings. The Hall–Kier alpha value is -2.19. The van der Waals surface area contributed by atoms with Crippen molar-refractivity contribution < 1.29 is 14.6 Å². The van der Waals surface area contributed by atoms with Crippen LogP contribution in [0.3, 0.4) is 0 Å². The van der Waals surface area contributed by atoms with Crippen molar-refractivity contribution in [3.63, 3.8) is 0 Å². The van der Waals surface area contributed by atoms with Crippen LogP contribution in [0.4, 0.5) is 5.69 Å². The highest BCUT2D eigenvalue weighted by molar-refractivity contribution is 9.10. The van der Waals surface area contributed by atoms with Crippen LogP contribution in [-0.4, -0.2) is 22.6 Å². The predicted octanol–water partition coefficient (Wildman–Crippen LogP) is 5.96. The van der Waals surface area contributed by atoms with Gasteiger partial charge in [-0.3, -0.25) is 4.79 Å². The van der Waals surface area contributed by atoms with Crippen LogP contribution in [0.25, 0.3) is 10.9 Å². The van der Waals surface area contributed by atoms with Crippen LogP contribution < -0.4 is 4.74 Å². The van der Waals surface area contributed by atoms with E-state index in [1.807, 2.05) is 31.2 Å². The molecule has 0 saturated carbocycles. The number of aromatic nitrogens is 1. The number of aromatic amines is 1. The standard InChI is InChI=1S/C19H17Br2N3O3/c1-3-11-4-5-16(14(21)7-11)27-9-17(25)23-24-18-12-6-10(2)13(20)8-15(12)22-19(18)26/h4-8,22,26H,3,9H2,1-2H3. The molecule has 2 N–H and O–H groups in total. The summed E-state index contributed by atoms with van der Waals surface area (Å²) in [5.41, 5.74) is 3.06. The number of nitrogens with one attached hydrogen (secondary N) is 1. The van der Waals surface area contributed by atoms with E-state index >= 15 is 0 Å². The van der Waals surface area contributed by atoms with E-state index in [2.05, 4.69) is 54.0 Å². The summed E-state index contributed by atoms with van der Waals surface area (Å²) in [6, 6.07) is 9.39. The molecule has 27 heavy (non-hydrogen) atoms. The number of aromatic hydroxyl groups is 1. The number of aryl methyl sites for hydroxylation is 2. The summed E-state index contributed by atoms with van der Waals surface area (Å²) in [5, 5.41) is 18.3. The number of amides is 1. The molecule has 8 heteroatoms. The maximum absolute atomic E-state index is 12.0. The highest BCUT2D eigenvalue weighted by atomic mass is 79.9. The van der Waals surface area contributed by atoms with Crippen LogP contribution in [0.5, 0.6) is 11.6 Å². The van der Waals surface area contributed by atoms with Crippen molar-refractivity contribution in [1.82, 2.24) is 4.98 Å². The Morgan fingerprint density at radius 3 is 2.70 bits per heavy atom. The van der Waals surface area contributed by atoms with Gasteiger partial charge in [-0.2, -0.15) is 0 Å². The van der Waals surface area contributed by atoms with Crippen LogP contribution >= 0.6 is 31.9 Å². The Labute approximate surface area is 172 Å². The minimum Gasteiger partial charge on any atom is -0.493 e. The summed E-state index contributed by atoms with van der Waals surface area (Å²) in [5.74, 6) is -0.131. The predicted molar refractivity (Wildman–Crippen MR) is 111 cm³/mol. The molecule has 1 aromatic heterocycles.